The predicted octanol–water partition coefficient (Wildman–Crippen LogP) is 3.13. The van der Waals surface area contributed by atoms with Crippen molar-refractivity contribution in [3.63, 3.8) is 0 Å². The van der Waals surface area contributed by atoms with Crippen LogP contribution in [0, 0.1) is 0 Å². The smallest absolute Gasteiger partial charge is 0.335 e. The zero-order valence-electron chi connectivity index (χ0n) is 7.93. The third-order valence-electron chi connectivity index (χ3n) is 1.57. The van der Waals surface area contributed by atoms with Crippen LogP contribution < -0.4 is 0 Å². The Kier molecular flexibility index (Phi) is 4.60. The van der Waals surface area contributed by atoms with Crippen molar-refractivity contribution in [2.45, 2.75) is 8.02 Å². The third-order valence-corrected chi connectivity index (χ3v) is 6.32. The van der Waals surface area contributed by atoms with E-state index in [-0.39, 0.29) is 21.3 Å². The number of carboxylic acids is 1. The fourth-order valence-corrected chi connectivity index (χ4v) is 5.40. The molecule has 0 saturated carbocycles. The molecule has 94 valence electrons. The first kappa shape index (κ1) is 14.9. The number of halogens is 3. The van der Waals surface area contributed by atoms with E-state index in [1.807, 2.05) is 0 Å². The van der Waals surface area contributed by atoms with Gasteiger partial charge in [-0.2, -0.15) is 0 Å². The molecule has 4 nitrogen and oxygen atoms in total. The lowest BCUT2D eigenvalue weighted by molar-refractivity contribution is 0.0696. The van der Waals surface area contributed by atoms with E-state index in [9.17, 15) is 13.2 Å². The van der Waals surface area contributed by atoms with Gasteiger partial charge in [0.15, 0.2) is 0 Å². The van der Waals surface area contributed by atoms with Crippen LogP contribution in [-0.2, 0) is 8.87 Å². The fraction of sp³-hybridized carbons (Fsp3) is 0.125. The maximum absolute atomic E-state index is 11.7. The third kappa shape index (κ3) is 4.56. The van der Waals surface area contributed by atoms with Crippen molar-refractivity contribution in [2.24, 2.45) is 0 Å². The van der Waals surface area contributed by atoms with Crippen molar-refractivity contribution in [2.75, 3.05) is 0 Å². The second-order valence-corrected chi connectivity index (χ2v) is 9.74. The van der Waals surface area contributed by atoms with Gasteiger partial charge < -0.3 is 5.11 Å². The Morgan fingerprint density at radius 3 is 2.35 bits per heavy atom. The minimum absolute atomic E-state index is 0.108. The van der Waals surface area contributed by atoms with E-state index in [0.29, 0.717) is 0 Å². The molecule has 0 atom stereocenters. The second-order valence-electron chi connectivity index (χ2n) is 2.82. The normalized spacial score (nSPS) is 12.4. The van der Waals surface area contributed by atoms with Crippen LogP contribution in [0.3, 0.4) is 0 Å². The molecule has 1 aromatic carbocycles. The van der Waals surface area contributed by atoms with Gasteiger partial charge in [0.2, 0.25) is 8.87 Å². The monoisotopic (exact) mass is 334 g/mol. The van der Waals surface area contributed by atoms with Crippen LogP contribution in [0.15, 0.2) is 29.2 Å². The fourth-order valence-electron chi connectivity index (χ4n) is 0.957. The highest BCUT2D eigenvalue weighted by atomic mass is 35.6. The molecule has 0 radical (unpaired) electrons. The highest BCUT2D eigenvalue weighted by molar-refractivity contribution is 8.73. The molecule has 17 heavy (non-hydrogen) atoms. The summed E-state index contributed by atoms with van der Waals surface area (Å²) in [6, 6.07) is 4.79. The number of hydrogen-bond acceptors (Lipinski definition) is 4. The number of aromatic carboxylic acids is 1. The molecule has 1 N–H and O–H groups in total. The van der Waals surface area contributed by atoms with E-state index in [1.165, 1.54) is 18.2 Å². The van der Waals surface area contributed by atoms with Gasteiger partial charge in [-0.05, 0) is 18.2 Å². The van der Waals surface area contributed by atoms with Gasteiger partial charge in [0.1, 0.15) is 0 Å². The topological polar surface area (TPSA) is 71.4 Å². The predicted molar refractivity (Wildman–Crippen MR) is 68.5 cm³/mol. The van der Waals surface area contributed by atoms with Crippen LogP contribution in [0.25, 0.3) is 0 Å². The Labute approximate surface area is 116 Å². The van der Waals surface area contributed by atoms with Gasteiger partial charge in [0, 0.05) is 10.8 Å². The van der Waals surface area contributed by atoms with Crippen LogP contribution in [0.5, 0.6) is 0 Å². The van der Waals surface area contributed by atoms with Crippen LogP contribution in [-0.4, -0.2) is 22.6 Å². The Morgan fingerprint density at radius 1 is 1.29 bits per heavy atom. The standard InChI is InChI=1S/C8H5Cl3O4S2/c9-8(10,11)16-17(14,15)6-3-1-2-5(4-6)7(12)13/h1-4H,(H,12,13). The van der Waals surface area contributed by atoms with Crippen molar-refractivity contribution in [1.82, 2.24) is 0 Å². The molecule has 1 aromatic rings. The molecule has 0 fully saturated rings. The molecule has 9 heteroatoms. The molecule has 0 aliphatic heterocycles. The first-order chi connectivity index (χ1) is 7.62. The van der Waals surface area contributed by atoms with Crippen molar-refractivity contribution < 1.29 is 18.3 Å². The largest absolute Gasteiger partial charge is 0.478 e. The molecule has 0 bridgehead atoms. The molecule has 1 rings (SSSR count). The van der Waals surface area contributed by atoms with E-state index in [4.69, 9.17) is 39.9 Å². The van der Waals surface area contributed by atoms with Gasteiger partial charge in [-0.3, -0.25) is 0 Å². The molecule has 0 amide bonds. The molecular formula is C8H5Cl3O4S2. The van der Waals surface area contributed by atoms with E-state index >= 15 is 0 Å². The second kappa shape index (κ2) is 5.24. The minimum atomic E-state index is -3.92. The van der Waals surface area contributed by atoms with E-state index in [0.717, 1.165) is 6.07 Å². The summed E-state index contributed by atoms with van der Waals surface area (Å²) in [6.07, 6.45) is 0. The summed E-state index contributed by atoms with van der Waals surface area (Å²) in [5.74, 6) is -1.24. The van der Waals surface area contributed by atoms with Crippen LogP contribution in [0.2, 0.25) is 0 Å². The Morgan fingerprint density at radius 2 is 1.88 bits per heavy atom. The summed E-state index contributed by atoms with van der Waals surface area (Å²) < 4.78 is 21.4. The molecule has 0 aliphatic carbocycles. The van der Waals surface area contributed by atoms with Gasteiger partial charge in [-0.15, -0.1) is 0 Å². The summed E-state index contributed by atoms with van der Waals surface area (Å²) in [6.45, 7) is 0. The van der Waals surface area contributed by atoms with E-state index in [2.05, 4.69) is 0 Å². The SMILES string of the molecule is O=C(O)c1cccc(S(=O)(=O)SC(Cl)(Cl)Cl)c1. The number of hydrogen-bond donors (Lipinski definition) is 1. The molecule has 0 spiro atoms. The number of carbonyl (C=O) groups is 1. The van der Waals surface area contributed by atoms with Crippen LogP contribution in [0.1, 0.15) is 10.4 Å². The summed E-state index contributed by atoms with van der Waals surface area (Å²) in [5.41, 5.74) is -0.156. The van der Waals surface area contributed by atoms with Gasteiger partial charge in [-0.25, -0.2) is 13.2 Å². The summed E-state index contributed by atoms with van der Waals surface area (Å²) in [5, 5.41) is 8.73. The van der Waals surface area contributed by atoms with Crippen LogP contribution >= 0.6 is 45.6 Å². The average molecular weight is 336 g/mol. The quantitative estimate of drug-likeness (QED) is 0.678. The average Bonchev–Trinajstić information content (AvgIpc) is 2.14. The molecule has 0 aliphatic rings. The molecule has 0 saturated heterocycles. The zero-order chi connectivity index (χ0) is 13.3. The van der Waals surface area contributed by atoms with E-state index < -0.39 is 18.0 Å². The Bertz CT molecular complexity index is 536. The lowest BCUT2D eigenvalue weighted by Crippen LogP contribution is -2.05. The van der Waals surface area contributed by atoms with Gasteiger partial charge in [0.05, 0.1) is 10.5 Å². The van der Waals surface area contributed by atoms with Gasteiger partial charge in [-0.1, -0.05) is 40.9 Å². The maximum atomic E-state index is 11.7. The maximum Gasteiger partial charge on any atom is 0.335 e. The van der Waals surface area contributed by atoms with Crippen LogP contribution in [0.4, 0.5) is 0 Å². The van der Waals surface area contributed by atoms with Crippen molar-refractivity contribution in [1.29, 1.82) is 0 Å². The molecule has 0 aromatic heterocycles. The minimum Gasteiger partial charge on any atom is -0.478 e. The number of carboxylic acid groups (broad SMARTS) is 1. The Hall–Kier alpha value is -0.140. The van der Waals surface area contributed by atoms with Gasteiger partial charge in [0.25, 0.3) is 3.12 Å². The zero-order valence-corrected chi connectivity index (χ0v) is 11.8. The number of benzene rings is 1. The Balaban J connectivity index is 3.16. The van der Waals surface area contributed by atoms with E-state index in [1.54, 1.807) is 0 Å². The molecule has 0 heterocycles. The molecule has 0 unspecified atom stereocenters. The lowest BCUT2D eigenvalue weighted by Gasteiger charge is -2.10. The first-order valence-electron chi connectivity index (χ1n) is 3.97. The summed E-state index contributed by atoms with van der Waals surface area (Å²) in [4.78, 5) is 10.5. The summed E-state index contributed by atoms with van der Waals surface area (Å²) in [7, 11) is -3.81. The summed E-state index contributed by atoms with van der Waals surface area (Å²) >= 11 is 16.1. The highest BCUT2D eigenvalue weighted by Gasteiger charge is 2.31. The van der Waals surface area contributed by atoms with Crippen molar-refractivity contribution >= 4 is 60.4 Å². The first-order valence-corrected chi connectivity index (χ1v) is 7.92. The lowest BCUT2D eigenvalue weighted by atomic mass is 10.2. The van der Waals surface area contributed by atoms with Gasteiger partial charge >= 0.3 is 5.97 Å². The van der Waals surface area contributed by atoms with Crippen molar-refractivity contribution in [3.8, 4) is 0 Å². The van der Waals surface area contributed by atoms with Crippen molar-refractivity contribution in [3.05, 3.63) is 29.8 Å². The number of rotatable bonds is 3. The molecular weight excluding hydrogens is 331 g/mol. The number of alkyl halides is 3. The highest BCUT2D eigenvalue weighted by Crippen LogP contribution is 2.44.